The van der Waals surface area contributed by atoms with Crippen LogP contribution in [0.25, 0.3) is 0 Å². The van der Waals surface area contributed by atoms with Crippen LogP contribution >= 0.6 is 0 Å². The van der Waals surface area contributed by atoms with Gasteiger partial charge in [0.25, 0.3) is 0 Å². The van der Waals surface area contributed by atoms with Gasteiger partial charge in [0.2, 0.25) is 0 Å². The molecule has 0 radical (unpaired) electrons. The van der Waals surface area contributed by atoms with Gasteiger partial charge in [0.1, 0.15) is 0 Å². The maximum absolute atomic E-state index is 5.59. The Labute approximate surface area is 182 Å². The van der Waals surface area contributed by atoms with Gasteiger partial charge >= 0.3 is 0 Å². The molecule has 0 saturated carbocycles. The zero-order valence-corrected chi connectivity index (χ0v) is 19.0. The average Bonchev–Trinajstić information content (AvgIpc) is 2.78. The Morgan fingerprint density at radius 2 is 1.03 bits per heavy atom. The van der Waals surface area contributed by atoms with E-state index in [1.54, 1.807) is 0 Å². The van der Waals surface area contributed by atoms with Gasteiger partial charge in [0.05, 0.1) is 79.3 Å². The van der Waals surface area contributed by atoms with Crippen LogP contribution in [0.3, 0.4) is 0 Å². The van der Waals surface area contributed by atoms with Crippen molar-refractivity contribution in [1.82, 2.24) is 0 Å². The molecule has 1 aliphatic heterocycles. The fraction of sp³-hybridized carbons (Fsp3) is 1.00. The minimum Gasteiger partial charge on any atom is -0.379 e. The molecule has 0 aliphatic carbocycles. The minimum atomic E-state index is -0.0491. The maximum Gasteiger partial charge on any atom is 0.157 e. The Kier molecular flexibility index (Phi) is 21.6. The van der Waals surface area contributed by atoms with E-state index in [1.807, 2.05) is 0 Å². The van der Waals surface area contributed by atoms with Crippen LogP contribution in [-0.2, 0) is 37.9 Å². The second kappa shape index (κ2) is 23.3. The van der Waals surface area contributed by atoms with Crippen LogP contribution in [-0.4, -0.2) is 98.8 Å². The van der Waals surface area contributed by atoms with Crippen LogP contribution in [0.5, 0.6) is 0 Å². The van der Waals surface area contributed by atoms with Crippen molar-refractivity contribution in [2.45, 2.75) is 51.7 Å². The van der Waals surface area contributed by atoms with Gasteiger partial charge in [-0.1, -0.05) is 19.8 Å². The summed E-state index contributed by atoms with van der Waals surface area (Å²) in [7, 11) is 0. The molecule has 180 valence electrons. The van der Waals surface area contributed by atoms with Crippen molar-refractivity contribution < 1.29 is 37.9 Å². The van der Waals surface area contributed by atoms with E-state index in [9.17, 15) is 0 Å². The molecule has 0 aromatic carbocycles. The Balaban J connectivity index is 1.63. The van der Waals surface area contributed by atoms with Crippen molar-refractivity contribution in [3.8, 4) is 0 Å². The molecule has 0 amide bonds. The largest absolute Gasteiger partial charge is 0.379 e. The normalized spacial score (nSPS) is 16.9. The van der Waals surface area contributed by atoms with Gasteiger partial charge in [-0.3, -0.25) is 0 Å². The molecular weight excluding hydrogens is 392 g/mol. The van der Waals surface area contributed by atoms with Crippen LogP contribution in [0.15, 0.2) is 0 Å². The molecule has 0 spiro atoms. The highest BCUT2D eigenvalue weighted by atomic mass is 16.7. The summed E-state index contributed by atoms with van der Waals surface area (Å²) in [5.74, 6) is 0. The minimum absolute atomic E-state index is 0.0491. The molecule has 1 aliphatic rings. The monoisotopic (exact) mass is 436 g/mol. The first-order valence-electron chi connectivity index (χ1n) is 11.6. The molecular formula is C22H44O8. The number of hydrogen-bond donors (Lipinski definition) is 0. The molecule has 0 aromatic rings. The summed E-state index contributed by atoms with van der Waals surface area (Å²) in [6.45, 7) is 10.7. The lowest BCUT2D eigenvalue weighted by atomic mass is 10.2. The topological polar surface area (TPSA) is 73.8 Å². The third-order valence-electron chi connectivity index (χ3n) is 4.42. The Morgan fingerprint density at radius 1 is 0.567 bits per heavy atom. The first-order valence-corrected chi connectivity index (χ1v) is 11.6. The molecule has 1 atom stereocenters. The number of unbranched alkanes of at least 4 members (excludes halogenated alkanes) is 2. The molecule has 0 aromatic heterocycles. The van der Waals surface area contributed by atoms with Crippen molar-refractivity contribution in [3.05, 3.63) is 0 Å². The SMILES string of the molecule is CCCCCOCCOCCOCCOCCOCCOCCOC1CCCCO1. The highest BCUT2D eigenvalue weighted by molar-refractivity contribution is 4.53. The van der Waals surface area contributed by atoms with E-state index >= 15 is 0 Å². The molecule has 1 heterocycles. The first kappa shape index (κ1) is 27.7. The smallest absolute Gasteiger partial charge is 0.157 e. The van der Waals surface area contributed by atoms with E-state index in [-0.39, 0.29) is 6.29 Å². The van der Waals surface area contributed by atoms with Gasteiger partial charge in [-0.15, -0.1) is 0 Å². The molecule has 8 nitrogen and oxygen atoms in total. The van der Waals surface area contributed by atoms with E-state index in [4.69, 9.17) is 37.9 Å². The first-order chi connectivity index (χ1) is 14.9. The molecule has 1 rings (SSSR count). The second-order valence-corrected chi connectivity index (χ2v) is 7.05. The fourth-order valence-electron chi connectivity index (χ4n) is 2.74. The van der Waals surface area contributed by atoms with Crippen molar-refractivity contribution in [3.63, 3.8) is 0 Å². The fourth-order valence-corrected chi connectivity index (χ4v) is 2.74. The van der Waals surface area contributed by atoms with Crippen LogP contribution in [0, 0.1) is 0 Å². The average molecular weight is 437 g/mol. The molecule has 0 bridgehead atoms. The lowest BCUT2D eigenvalue weighted by molar-refractivity contribution is -0.169. The van der Waals surface area contributed by atoms with E-state index in [2.05, 4.69) is 6.92 Å². The predicted octanol–water partition coefficient (Wildman–Crippen LogP) is 2.82. The van der Waals surface area contributed by atoms with Gasteiger partial charge in [-0.2, -0.15) is 0 Å². The van der Waals surface area contributed by atoms with Crippen LogP contribution < -0.4 is 0 Å². The molecule has 8 heteroatoms. The molecule has 1 saturated heterocycles. The summed E-state index contributed by atoms with van der Waals surface area (Å²) < 4.78 is 43.8. The van der Waals surface area contributed by atoms with Crippen molar-refractivity contribution in [2.24, 2.45) is 0 Å². The molecule has 1 fully saturated rings. The van der Waals surface area contributed by atoms with Crippen molar-refractivity contribution in [2.75, 3.05) is 92.5 Å². The van der Waals surface area contributed by atoms with Crippen molar-refractivity contribution >= 4 is 0 Å². The summed E-state index contributed by atoms with van der Waals surface area (Å²) >= 11 is 0. The summed E-state index contributed by atoms with van der Waals surface area (Å²) in [5, 5.41) is 0. The summed E-state index contributed by atoms with van der Waals surface area (Å²) in [5.41, 5.74) is 0. The van der Waals surface area contributed by atoms with E-state index in [0.29, 0.717) is 79.3 Å². The van der Waals surface area contributed by atoms with Gasteiger partial charge in [0.15, 0.2) is 6.29 Å². The van der Waals surface area contributed by atoms with Gasteiger partial charge in [0, 0.05) is 13.2 Å². The van der Waals surface area contributed by atoms with Crippen molar-refractivity contribution in [1.29, 1.82) is 0 Å². The molecule has 1 unspecified atom stereocenters. The lowest BCUT2D eigenvalue weighted by Gasteiger charge is -2.22. The third kappa shape index (κ3) is 19.6. The summed E-state index contributed by atoms with van der Waals surface area (Å²) in [6, 6.07) is 0. The molecule has 0 N–H and O–H groups in total. The van der Waals surface area contributed by atoms with Crippen LogP contribution in [0.2, 0.25) is 0 Å². The number of ether oxygens (including phenoxy) is 8. The quantitative estimate of drug-likeness (QED) is 0.226. The van der Waals surface area contributed by atoms with Gasteiger partial charge in [-0.05, 0) is 25.7 Å². The highest BCUT2D eigenvalue weighted by Crippen LogP contribution is 2.13. The number of rotatable bonds is 23. The zero-order valence-electron chi connectivity index (χ0n) is 19.0. The lowest BCUT2D eigenvalue weighted by Crippen LogP contribution is -2.24. The second-order valence-electron chi connectivity index (χ2n) is 7.05. The van der Waals surface area contributed by atoms with E-state index in [1.165, 1.54) is 19.3 Å². The predicted molar refractivity (Wildman–Crippen MR) is 114 cm³/mol. The summed E-state index contributed by atoms with van der Waals surface area (Å²) in [6.07, 6.45) is 6.82. The standard InChI is InChI=1S/C22H44O8/c1-2-3-5-8-23-10-11-24-12-13-25-14-15-26-16-17-27-18-19-28-20-21-30-22-7-4-6-9-29-22/h22H,2-21H2,1H3. The molecule has 30 heavy (non-hydrogen) atoms. The Hall–Kier alpha value is -0.320. The van der Waals surface area contributed by atoms with Crippen LogP contribution in [0.4, 0.5) is 0 Å². The Bertz CT molecular complexity index is 326. The van der Waals surface area contributed by atoms with E-state index < -0.39 is 0 Å². The zero-order chi connectivity index (χ0) is 21.4. The Morgan fingerprint density at radius 3 is 1.47 bits per heavy atom. The number of hydrogen-bond acceptors (Lipinski definition) is 8. The maximum atomic E-state index is 5.59. The van der Waals surface area contributed by atoms with E-state index in [0.717, 1.165) is 32.5 Å². The summed E-state index contributed by atoms with van der Waals surface area (Å²) in [4.78, 5) is 0. The van der Waals surface area contributed by atoms with Crippen LogP contribution in [0.1, 0.15) is 45.4 Å². The highest BCUT2D eigenvalue weighted by Gasteiger charge is 2.13. The van der Waals surface area contributed by atoms with Gasteiger partial charge in [-0.25, -0.2) is 0 Å². The third-order valence-corrected chi connectivity index (χ3v) is 4.42. The van der Waals surface area contributed by atoms with Gasteiger partial charge < -0.3 is 37.9 Å².